The number of aryl methyl sites for hydroxylation is 1. The van der Waals surface area contributed by atoms with Gasteiger partial charge in [0.1, 0.15) is 17.6 Å². The minimum Gasteiger partial charge on any atom is -0.464 e. The van der Waals surface area contributed by atoms with Crippen LogP contribution in [-0.2, 0) is 6.42 Å². The van der Waals surface area contributed by atoms with Crippen molar-refractivity contribution in [2.45, 2.75) is 46.2 Å². The molecule has 1 unspecified atom stereocenters. The average molecular weight is 296 g/mol. The molecule has 5 heteroatoms. The van der Waals surface area contributed by atoms with Crippen molar-refractivity contribution in [3.05, 3.63) is 40.6 Å². The Bertz CT molecular complexity index is 559. The highest BCUT2D eigenvalue weighted by Gasteiger charge is 2.25. The number of nitrogens with zero attached hydrogens (tertiary/aromatic N) is 2. The molecule has 2 aromatic heterocycles. The van der Waals surface area contributed by atoms with Gasteiger partial charge >= 0.3 is 0 Å². The number of hydrogen-bond acceptors (Lipinski definition) is 3. The Morgan fingerprint density at radius 1 is 1.35 bits per heavy atom. The monoisotopic (exact) mass is 295 g/mol. The van der Waals surface area contributed by atoms with Crippen molar-refractivity contribution in [3.8, 4) is 0 Å². The molecule has 0 aliphatic heterocycles. The molecule has 110 valence electrons. The molecule has 0 spiro atoms. The third kappa shape index (κ3) is 2.91. The molecule has 0 amide bonds. The van der Waals surface area contributed by atoms with E-state index in [2.05, 4.69) is 38.1 Å². The first-order chi connectivity index (χ1) is 9.58. The normalized spacial score (nSPS) is 13.1. The van der Waals surface area contributed by atoms with E-state index in [9.17, 15) is 0 Å². The summed E-state index contributed by atoms with van der Waals surface area (Å²) in [5.41, 5.74) is 0.959. The highest BCUT2D eigenvalue weighted by atomic mass is 35.5. The lowest BCUT2D eigenvalue weighted by molar-refractivity contribution is 0.401. The van der Waals surface area contributed by atoms with E-state index in [4.69, 9.17) is 16.0 Å². The van der Waals surface area contributed by atoms with E-state index in [1.807, 2.05) is 16.8 Å². The minimum atomic E-state index is -0.0716. The first kappa shape index (κ1) is 15.1. The van der Waals surface area contributed by atoms with Gasteiger partial charge in [-0.15, -0.1) is 0 Å². The summed E-state index contributed by atoms with van der Waals surface area (Å²) in [4.78, 5) is 0. The van der Waals surface area contributed by atoms with Gasteiger partial charge in [0.25, 0.3) is 0 Å². The summed E-state index contributed by atoms with van der Waals surface area (Å²) in [6.07, 6.45) is 2.58. The molecule has 1 N–H and O–H groups in total. The van der Waals surface area contributed by atoms with Crippen LogP contribution in [0.1, 0.15) is 57.0 Å². The van der Waals surface area contributed by atoms with Gasteiger partial charge < -0.3 is 9.73 Å². The molecule has 0 aliphatic rings. The van der Waals surface area contributed by atoms with Crippen LogP contribution in [0.4, 0.5) is 0 Å². The first-order valence-electron chi connectivity index (χ1n) is 7.13. The van der Waals surface area contributed by atoms with Crippen molar-refractivity contribution < 1.29 is 4.42 Å². The largest absolute Gasteiger partial charge is 0.464 e. The van der Waals surface area contributed by atoms with Crippen molar-refractivity contribution in [3.63, 3.8) is 0 Å². The number of rotatable bonds is 6. The Morgan fingerprint density at radius 3 is 2.65 bits per heavy atom. The molecule has 0 bridgehead atoms. The zero-order valence-electron chi connectivity index (χ0n) is 12.5. The molecule has 2 rings (SSSR count). The van der Waals surface area contributed by atoms with E-state index >= 15 is 0 Å². The Labute approximate surface area is 125 Å². The van der Waals surface area contributed by atoms with Gasteiger partial charge in [-0.05, 0) is 32.5 Å². The quantitative estimate of drug-likeness (QED) is 0.877. The Morgan fingerprint density at radius 2 is 2.10 bits per heavy atom. The molecule has 2 aromatic rings. The maximum absolute atomic E-state index is 6.35. The van der Waals surface area contributed by atoms with Gasteiger partial charge in [-0.2, -0.15) is 5.10 Å². The van der Waals surface area contributed by atoms with Crippen molar-refractivity contribution >= 4 is 11.6 Å². The highest BCUT2D eigenvalue weighted by molar-refractivity contribution is 6.31. The van der Waals surface area contributed by atoms with E-state index in [-0.39, 0.29) is 12.1 Å². The van der Waals surface area contributed by atoms with E-state index in [1.54, 1.807) is 6.20 Å². The second-order valence-electron chi connectivity index (χ2n) is 5.06. The number of nitrogens with one attached hydrogen (secondary N) is 1. The number of hydrogen-bond donors (Lipinski definition) is 1. The zero-order valence-corrected chi connectivity index (χ0v) is 13.2. The lowest BCUT2D eigenvalue weighted by Crippen LogP contribution is -2.25. The smallest absolute Gasteiger partial charge is 0.127 e. The Kier molecular flexibility index (Phi) is 4.89. The summed E-state index contributed by atoms with van der Waals surface area (Å²) >= 11 is 6.35. The topological polar surface area (TPSA) is 43.0 Å². The summed E-state index contributed by atoms with van der Waals surface area (Å²) in [6.45, 7) is 9.16. The summed E-state index contributed by atoms with van der Waals surface area (Å²) < 4.78 is 7.85. The highest BCUT2D eigenvalue weighted by Crippen LogP contribution is 2.31. The van der Waals surface area contributed by atoms with E-state index in [0.717, 1.165) is 30.2 Å². The third-order valence-corrected chi connectivity index (χ3v) is 3.56. The summed E-state index contributed by atoms with van der Waals surface area (Å²) in [7, 11) is 0. The summed E-state index contributed by atoms with van der Waals surface area (Å²) in [5, 5.41) is 8.48. The maximum Gasteiger partial charge on any atom is 0.127 e. The van der Waals surface area contributed by atoms with E-state index in [0.29, 0.717) is 5.02 Å². The fourth-order valence-corrected chi connectivity index (χ4v) is 2.55. The molecule has 0 fully saturated rings. The average Bonchev–Trinajstić information content (AvgIpc) is 3.02. The molecule has 20 heavy (non-hydrogen) atoms. The van der Waals surface area contributed by atoms with Crippen molar-refractivity contribution in [1.82, 2.24) is 15.1 Å². The molecule has 0 saturated heterocycles. The van der Waals surface area contributed by atoms with Gasteiger partial charge in [-0.3, -0.25) is 4.68 Å². The molecule has 1 atom stereocenters. The fraction of sp³-hybridized carbons (Fsp3) is 0.533. The van der Waals surface area contributed by atoms with Gasteiger partial charge in [0.2, 0.25) is 0 Å². The molecule has 0 saturated carbocycles. The summed E-state index contributed by atoms with van der Waals surface area (Å²) in [5.74, 6) is 1.86. The Hall–Kier alpha value is -1.26. The third-order valence-electron chi connectivity index (χ3n) is 3.27. The van der Waals surface area contributed by atoms with Crippen LogP contribution in [0.5, 0.6) is 0 Å². The molecule has 0 aromatic carbocycles. The van der Waals surface area contributed by atoms with Crippen LogP contribution in [0.15, 0.2) is 22.7 Å². The van der Waals surface area contributed by atoms with Crippen LogP contribution in [0.3, 0.4) is 0 Å². The fourth-order valence-electron chi connectivity index (χ4n) is 2.31. The SMILES string of the molecule is CCNC(c1ccc(CC)o1)c1c(Cl)cnn1C(C)C. The molecule has 0 aliphatic carbocycles. The zero-order chi connectivity index (χ0) is 14.7. The second kappa shape index (κ2) is 6.46. The molecule has 0 radical (unpaired) electrons. The van der Waals surface area contributed by atoms with Crippen LogP contribution < -0.4 is 5.32 Å². The van der Waals surface area contributed by atoms with E-state index < -0.39 is 0 Å². The van der Waals surface area contributed by atoms with Gasteiger partial charge in [0.05, 0.1) is 16.9 Å². The lowest BCUT2D eigenvalue weighted by Gasteiger charge is -2.20. The van der Waals surface area contributed by atoms with Gasteiger partial charge in [-0.25, -0.2) is 0 Å². The standard InChI is InChI=1S/C15H22ClN3O/c1-5-11-7-8-13(20-11)14(17-6-2)15-12(16)9-18-19(15)10(3)4/h7-10,14,17H,5-6H2,1-4H3. The van der Waals surface area contributed by atoms with Crippen molar-refractivity contribution in [2.24, 2.45) is 0 Å². The van der Waals surface area contributed by atoms with Gasteiger partial charge in [0.15, 0.2) is 0 Å². The van der Waals surface area contributed by atoms with Crippen LogP contribution in [-0.4, -0.2) is 16.3 Å². The number of aromatic nitrogens is 2. The molecule has 2 heterocycles. The number of halogens is 1. The lowest BCUT2D eigenvalue weighted by atomic mass is 10.1. The predicted octanol–water partition coefficient (Wildman–Crippen LogP) is 3.97. The van der Waals surface area contributed by atoms with Crippen molar-refractivity contribution in [1.29, 1.82) is 0 Å². The molecule has 4 nitrogen and oxygen atoms in total. The van der Waals surface area contributed by atoms with Crippen molar-refractivity contribution in [2.75, 3.05) is 6.54 Å². The van der Waals surface area contributed by atoms with Gasteiger partial charge in [0, 0.05) is 12.5 Å². The van der Waals surface area contributed by atoms with Crippen LogP contribution in [0, 0.1) is 0 Å². The minimum absolute atomic E-state index is 0.0716. The summed E-state index contributed by atoms with van der Waals surface area (Å²) in [6, 6.07) is 4.21. The number of furan rings is 1. The maximum atomic E-state index is 6.35. The first-order valence-corrected chi connectivity index (χ1v) is 7.51. The molecular weight excluding hydrogens is 274 g/mol. The second-order valence-corrected chi connectivity index (χ2v) is 5.47. The van der Waals surface area contributed by atoms with Gasteiger partial charge in [-0.1, -0.05) is 25.4 Å². The predicted molar refractivity (Wildman–Crippen MR) is 81.2 cm³/mol. The van der Waals surface area contributed by atoms with E-state index in [1.165, 1.54) is 0 Å². The Balaban J connectivity index is 2.45. The van der Waals surface area contributed by atoms with Crippen LogP contribution in [0.25, 0.3) is 0 Å². The molecular formula is C15H22ClN3O. The van der Waals surface area contributed by atoms with Crippen LogP contribution >= 0.6 is 11.6 Å². The van der Waals surface area contributed by atoms with Crippen LogP contribution in [0.2, 0.25) is 5.02 Å².